The highest BCUT2D eigenvalue weighted by molar-refractivity contribution is 6.09. The maximum atomic E-state index is 13.0. The Hall–Kier alpha value is -2.93. The summed E-state index contributed by atoms with van der Waals surface area (Å²) in [7, 11) is 2.74. The highest BCUT2D eigenvalue weighted by Crippen LogP contribution is 2.50. The highest BCUT2D eigenvalue weighted by atomic mass is 16.5. The van der Waals surface area contributed by atoms with Gasteiger partial charge in [0.1, 0.15) is 11.3 Å². The minimum Gasteiger partial charge on any atom is -0.468 e. The van der Waals surface area contributed by atoms with Crippen LogP contribution in [0.1, 0.15) is 17.4 Å². The fourth-order valence-electron chi connectivity index (χ4n) is 4.38. The van der Waals surface area contributed by atoms with E-state index in [0.717, 1.165) is 10.5 Å². The molecule has 2 aliphatic heterocycles. The van der Waals surface area contributed by atoms with E-state index < -0.39 is 29.4 Å². The van der Waals surface area contributed by atoms with Crippen LogP contribution in [0.25, 0.3) is 0 Å². The van der Waals surface area contributed by atoms with E-state index in [2.05, 4.69) is 5.32 Å². The number of ether oxygens (including phenoxy) is 1. The number of nitrogens with zero attached hydrogens (tertiary/aromatic N) is 1. The number of hydrogen-bond acceptors (Lipinski definition) is 6. The van der Waals surface area contributed by atoms with Crippen molar-refractivity contribution in [3.05, 3.63) is 60.1 Å². The summed E-state index contributed by atoms with van der Waals surface area (Å²) in [5.74, 6) is -2.34. The Labute approximate surface area is 156 Å². The molecule has 2 fully saturated rings. The van der Waals surface area contributed by atoms with E-state index in [1.54, 1.807) is 12.1 Å². The predicted molar refractivity (Wildman–Crippen MR) is 94.2 cm³/mol. The van der Waals surface area contributed by atoms with Crippen LogP contribution in [-0.4, -0.2) is 42.4 Å². The van der Waals surface area contributed by atoms with Crippen molar-refractivity contribution in [2.75, 3.05) is 14.2 Å². The molecule has 1 aromatic heterocycles. The normalized spacial score (nSPS) is 29.9. The van der Waals surface area contributed by atoms with Crippen molar-refractivity contribution in [1.29, 1.82) is 0 Å². The number of hydrogen-bond donors (Lipinski definition) is 1. The number of imide groups is 1. The lowest BCUT2D eigenvalue weighted by Crippen LogP contribution is -2.57. The van der Waals surface area contributed by atoms with Crippen molar-refractivity contribution in [2.45, 2.75) is 18.0 Å². The van der Waals surface area contributed by atoms with Gasteiger partial charge in [0.05, 0.1) is 31.3 Å². The SMILES string of the molecule is COC(=O)C1(Cc2ccccc2)NC(c2ccco2)C2C(=O)N(C)C(=O)C21. The molecule has 2 aromatic rings. The first-order valence-corrected chi connectivity index (χ1v) is 8.74. The quantitative estimate of drug-likeness (QED) is 0.647. The number of methoxy groups -OCH3 is 1. The summed E-state index contributed by atoms with van der Waals surface area (Å²) in [6, 6.07) is 12.2. The first-order chi connectivity index (χ1) is 13.0. The first-order valence-electron chi connectivity index (χ1n) is 8.74. The van der Waals surface area contributed by atoms with Gasteiger partial charge in [0.25, 0.3) is 0 Å². The molecule has 4 unspecified atom stereocenters. The Morgan fingerprint density at radius 2 is 1.93 bits per heavy atom. The summed E-state index contributed by atoms with van der Waals surface area (Å²) in [5, 5.41) is 3.25. The molecule has 140 valence electrons. The van der Waals surface area contributed by atoms with Gasteiger partial charge >= 0.3 is 5.97 Å². The van der Waals surface area contributed by atoms with Gasteiger partial charge in [-0.25, -0.2) is 0 Å². The molecule has 3 heterocycles. The Morgan fingerprint density at radius 1 is 1.19 bits per heavy atom. The number of carbonyl (C=O) groups is 3. The van der Waals surface area contributed by atoms with Crippen LogP contribution in [0, 0.1) is 11.8 Å². The fraction of sp³-hybridized carbons (Fsp3) is 0.350. The summed E-state index contributed by atoms with van der Waals surface area (Å²) < 4.78 is 10.6. The maximum absolute atomic E-state index is 13.0. The van der Waals surface area contributed by atoms with Crippen LogP contribution < -0.4 is 5.32 Å². The third-order valence-corrected chi connectivity index (χ3v) is 5.60. The second kappa shape index (κ2) is 6.35. The molecule has 0 aliphatic carbocycles. The number of rotatable bonds is 4. The Balaban J connectivity index is 1.85. The minimum atomic E-state index is -1.35. The molecule has 2 amide bonds. The van der Waals surface area contributed by atoms with Crippen molar-refractivity contribution in [2.24, 2.45) is 11.8 Å². The van der Waals surface area contributed by atoms with E-state index in [1.807, 2.05) is 30.3 Å². The third-order valence-electron chi connectivity index (χ3n) is 5.60. The lowest BCUT2D eigenvalue weighted by Gasteiger charge is -2.32. The van der Waals surface area contributed by atoms with E-state index >= 15 is 0 Å². The average Bonchev–Trinajstić information content (AvgIpc) is 3.37. The van der Waals surface area contributed by atoms with Gasteiger partial charge in [-0.05, 0) is 17.7 Å². The maximum Gasteiger partial charge on any atom is 0.327 e. The smallest absolute Gasteiger partial charge is 0.327 e. The lowest BCUT2D eigenvalue weighted by molar-refractivity contribution is -0.153. The standard InChI is InChI=1S/C20H20N2O5/c1-22-17(23)14-15(18(22)24)20(19(25)26-2,11-12-7-4-3-5-8-12)21-16(14)13-9-6-10-27-13/h3-10,14-16,21H,11H2,1-2H3. The number of amides is 2. The summed E-state index contributed by atoms with van der Waals surface area (Å²) in [4.78, 5) is 39.9. The molecule has 2 saturated heterocycles. The number of carbonyl (C=O) groups excluding carboxylic acids is 3. The van der Waals surface area contributed by atoms with Gasteiger partial charge in [-0.2, -0.15) is 0 Å². The fourth-order valence-corrected chi connectivity index (χ4v) is 4.38. The molecular formula is C20H20N2O5. The Morgan fingerprint density at radius 3 is 2.56 bits per heavy atom. The van der Waals surface area contributed by atoms with Gasteiger partial charge < -0.3 is 9.15 Å². The van der Waals surface area contributed by atoms with Crippen molar-refractivity contribution < 1.29 is 23.5 Å². The number of furan rings is 1. The van der Waals surface area contributed by atoms with Crippen molar-refractivity contribution >= 4 is 17.8 Å². The summed E-state index contributed by atoms with van der Waals surface area (Å²) in [6.45, 7) is 0. The molecule has 4 atom stereocenters. The first kappa shape index (κ1) is 17.5. The topological polar surface area (TPSA) is 88.8 Å². The van der Waals surface area contributed by atoms with Crippen LogP contribution in [0.2, 0.25) is 0 Å². The lowest BCUT2D eigenvalue weighted by atomic mass is 9.76. The monoisotopic (exact) mass is 368 g/mol. The van der Waals surface area contributed by atoms with Crippen LogP contribution >= 0.6 is 0 Å². The number of esters is 1. The second-order valence-electron chi connectivity index (χ2n) is 7.00. The van der Waals surface area contributed by atoms with Gasteiger partial charge in [0.2, 0.25) is 11.8 Å². The van der Waals surface area contributed by atoms with Crippen molar-refractivity contribution in [1.82, 2.24) is 10.2 Å². The zero-order chi connectivity index (χ0) is 19.2. The molecule has 0 radical (unpaired) electrons. The third kappa shape index (κ3) is 2.49. The molecule has 0 saturated carbocycles. The Kier molecular flexibility index (Phi) is 4.11. The molecule has 4 rings (SSSR count). The van der Waals surface area contributed by atoms with Gasteiger partial charge in [0, 0.05) is 13.5 Å². The van der Waals surface area contributed by atoms with Crippen LogP contribution in [0.5, 0.6) is 0 Å². The van der Waals surface area contributed by atoms with E-state index in [9.17, 15) is 14.4 Å². The van der Waals surface area contributed by atoms with Crippen LogP contribution in [0.4, 0.5) is 0 Å². The zero-order valence-corrected chi connectivity index (χ0v) is 15.0. The van der Waals surface area contributed by atoms with E-state index in [4.69, 9.17) is 9.15 Å². The second-order valence-corrected chi connectivity index (χ2v) is 7.00. The molecule has 0 bridgehead atoms. The summed E-state index contributed by atoms with van der Waals surface area (Å²) in [6.07, 6.45) is 1.73. The number of benzene rings is 1. The van der Waals surface area contributed by atoms with Crippen LogP contribution in [-0.2, 0) is 25.5 Å². The van der Waals surface area contributed by atoms with Crippen molar-refractivity contribution in [3.63, 3.8) is 0 Å². The molecule has 7 heteroatoms. The van der Waals surface area contributed by atoms with Gasteiger partial charge in [-0.1, -0.05) is 30.3 Å². The zero-order valence-electron chi connectivity index (χ0n) is 15.0. The van der Waals surface area contributed by atoms with Crippen LogP contribution in [0.15, 0.2) is 53.1 Å². The number of likely N-dealkylation sites (tertiary alicyclic amines) is 1. The average molecular weight is 368 g/mol. The van der Waals surface area contributed by atoms with Crippen LogP contribution in [0.3, 0.4) is 0 Å². The highest BCUT2D eigenvalue weighted by Gasteiger charge is 2.68. The summed E-state index contributed by atoms with van der Waals surface area (Å²) >= 11 is 0. The molecule has 2 aliphatic rings. The molecule has 27 heavy (non-hydrogen) atoms. The molecule has 7 nitrogen and oxygen atoms in total. The van der Waals surface area contributed by atoms with E-state index in [1.165, 1.54) is 20.4 Å². The predicted octanol–water partition coefficient (Wildman–Crippen LogP) is 1.31. The van der Waals surface area contributed by atoms with Gasteiger partial charge in [-0.3, -0.25) is 24.6 Å². The largest absolute Gasteiger partial charge is 0.468 e. The summed E-state index contributed by atoms with van der Waals surface area (Å²) in [5.41, 5.74) is -0.487. The molecule has 1 N–H and O–H groups in total. The minimum absolute atomic E-state index is 0.228. The molecule has 1 aromatic carbocycles. The van der Waals surface area contributed by atoms with E-state index in [-0.39, 0.29) is 18.2 Å². The molecule has 0 spiro atoms. The van der Waals surface area contributed by atoms with E-state index in [0.29, 0.717) is 5.76 Å². The number of fused-ring (bicyclic) bond motifs is 1. The van der Waals surface area contributed by atoms with Gasteiger partial charge in [0.15, 0.2) is 0 Å². The molecular weight excluding hydrogens is 348 g/mol. The Bertz CT molecular complexity index is 879. The van der Waals surface area contributed by atoms with Crippen molar-refractivity contribution in [3.8, 4) is 0 Å². The number of nitrogens with one attached hydrogen (secondary N) is 1. The van der Waals surface area contributed by atoms with Gasteiger partial charge in [-0.15, -0.1) is 0 Å².